The zero-order valence-corrected chi connectivity index (χ0v) is 13.1. The summed E-state index contributed by atoms with van der Waals surface area (Å²) in [4.78, 5) is 0.236. The second kappa shape index (κ2) is 5.98. The van der Waals surface area contributed by atoms with Crippen molar-refractivity contribution in [3.63, 3.8) is 0 Å². The first kappa shape index (κ1) is 13.8. The van der Waals surface area contributed by atoms with Crippen LogP contribution in [0.4, 0.5) is 4.39 Å². The highest BCUT2D eigenvalue weighted by atomic mass is 79.9. The zero-order chi connectivity index (χ0) is 13.1. The van der Waals surface area contributed by atoms with Crippen LogP contribution in [-0.2, 0) is 6.42 Å². The molecule has 3 heteroatoms. The first-order chi connectivity index (χ1) is 8.56. The summed E-state index contributed by atoms with van der Waals surface area (Å²) < 4.78 is 13.9. The smallest absolute Gasteiger partial charge is 0.123 e. The molecule has 18 heavy (non-hydrogen) atoms. The van der Waals surface area contributed by atoms with E-state index >= 15 is 0 Å². The molecule has 2 rings (SSSR count). The summed E-state index contributed by atoms with van der Waals surface area (Å²) in [6.45, 7) is 2.07. The number of aryl methyl sites for hydroxylation is 1. The summed E-state index contributed by atoms with van der Waals surface area (Å²) in [6, 6.07) is 13.0. The maximum Gasteiger partial charge on any atom is 0.123 e. The molecule has 0 bridgehead atoms. The lowest BCUT2D eigenvalue weighted by Gasteiger charge is -2.11. The largest absolute Gasteiger partial charge is 0.207 e. The number of rotatable bonds is 3. The monoisotopic (exact) mass is 370 g/mol. The van der Waals surface area contributed by atoms with Gasteiger partial charge in [-0.2, -0.15) is 0 Å². The highest BCUT2D eigenvalue weighted by molar-refractivity contribution is 9.10. The third-order valence-corrected chi connectivity index (χ3v) is 4.59. The Kier molecular flexibility index (Phi) is 4.57. The van der Waals surface area contributed by atoms with Gasteiger partial charge < -0.3 is 0 Å². The van der Waals surface area contributed by atoms with Gasteiger partial charge in [0.25, 0.3) is 0 Å². The molecule has 94 valence electrons. The van der Waals surface area contributed by atoms with Gasteiger partial charge in [0, 0.05) is 9.30 Å². The van der Waals surface area contributed by atoms with E-state index in [9.17, 15) is 4.39 Å². The lowest BCUT2D eigenvalue weighted by molar-refractivity contribution is 0.627. The minimum Gasteiger partial charge on any atom is -0.207 e. The highest BCUT2D eigenvalue weighted by Crippen LogP contribution is 2.30. The van der Waals surface area contributed by atoms with Gasteiger partial charge in [0.2, 0.25) is 0 Å². The second-order valence-corrected chi connectivity index (χ2v) is 6.27. The zero-order valence-electron chi connectivity index (χ0n) is 9.96. The molecule has 0 nitrogen and oxygen atoms in total. The fourth-order valence-corrected chi connectivity index (χ4v) is 2.80. The Morgan fingerprint density at radius 1 is 1.11 bits per heavy atom. The molecule has 2 aromatic rings. The summed E-state index contributed by atoms with van der Waals surface area (Å²) in [6.07, 6.45) is 0.843. The van der Waals surface area contributed by atoms with Crippen LogP contribution in [0.3, 0.4) is 0 Å². The Bertz CT molecular complexity index is 535. The van der Waals surface area contributed by atoms with Crippen molar-refractivity contribution in [2.45, 2.75) is 18.2 Å². The minimum absolute atomic E-state index is 0.192. The highest BCUT2D eigenvalue weighted by Gasteiger charge is 2.09. The standard InChI is InChI=1S/C15H13Br2F/c1-10-2-5-12(9-14(10)16)15(17)8-11-3-6-13(18)7-4-11/h2-7,9,15H,8H2,1H3. The van der Waals surface area contributed by atoms with Gasteiger partial charge in [-0.3, -0.25) is 0 Å². The first-order valence-corrected chi connectivity index (χ1v) is 7.41. The van der Waals surface area contributed by atoms with Gasteiger partial charge in [0.1, 0.15) is 5.82 Å². The Balaban J connectivity index is 2.13. The molecule has 0 radical (unpaired) electrons. The first-order valence-electron chi connectivity index (χ1n) is 5.71. The molecule has 0 aromatic heterocycles. The van der Waals surface area contributed by atoms with Crippen LogP contribution in [-0.4, -0.2) is 0 Å². The topological polar surface area (TPSA) is 0 Å². The molecule has 2 aromatic carbocycles. The van der Waals surface area contributed by atoms with Gasteiger partial charge >= 0.3 is 0 Å². The summed E-state index contributed by atoms with van der Waals surface area (Å²) in [5, 5.41) is 0. The third kappa shape index (κ3) is 3.42. The van der Waals surface area contributed by atoms with Crippen molar-refractivity contribution in [2.75, 3.05) is 0 Å². The number of halogens is 3. The Morgan fingerprint density at radius 3 is 2.39 bits per heavy atom. The van der Waals surface area contributed by atoms with Crippen molar-refractivity contribution in [2.24, 2.45) is 0 Å². The molecule has 0 amide bonds. The van der Waals surface area contributed by atoms with Crippen molar-refractivity contribution in [1.82, 2.24) is 0 Å². The van der Waals surface area contributed by atoms with E-state index in [0.717, 1.165) is 16.5 Å². The molecule has 1 atom stereocenters. The summed E-state index contributed by atoms with van der Waals surface area (Å²) in [5.41, 5.74) is 3.56. The molecule has 0 aliphatic carbocycles. The SMILES string of the molecule is Cc1ccc(C(Br)Cc2ccc(F)cc2)cc1Br. The number of hydrogen-bond donors (Lipinski definition) is 0. The maximum atomic E-state index is 12.8. The predicted molar refractivity (Wildman–Crippen MR) is 80.7 cm³/mol. The summed E-state index contributed by atoms with van der Waals surface area (Å²) in [7, 11) is 0. The van der Waals surface area contributed by atoms with E-state index < -0.39 is 0 Å². The van der Waals surface area contributed by atoms with Gasteiger partial charge in [-0.1, -0.05) is 56.1 Å². The van der Waals surface area contributed by atoms with E-state index in [1.54, 1.807) is 0 Å². The number of benzene rings is 2. The third-order valence-electron chi connectivity index (χ3n) is 2.89. The van der Waals surface area contributed by atoms with Gasteiger partial charge in [-0.15, -0.1) is 0 Å². The fraction of sp³-hybridized carbons (Fsp3) is 0.200. The molecule has 0 saturated carbocycles. The van der Waals surface area contributed by atoms with Crippen LogP contribution in [0.25, 0.3) is 0 Å². The maximum absolute atomic E-state index is 12.8. The van der Waals surface area contributed by atoms with E-state index in [4.69, 9.17) is 0 Å². The molecule has 0 aliphatic rings. The minimum atomic E-state index is -0.192. The number of alkyl halides is 1. The lowest BCUT2D eigenvalue weighted by atomic mass is 10.0. The van der Waals surface area contributed by atoms with Crippen LogP contribution in [0, 0.1) is 12.7 Å². The number of hydrogen-bond acceptors (Lipinski definition) is 0. The molecular formula is C15H13Br2F. The van der Waals surface area contributed by atoms with Crippen molar-refractivity contribution in [1.29, 1.82) is 0 Å². The molecule has 0 saturated heterocycles. The van der Waals surface area contributed by atoms with E-state index in [1.807, 2.05) is 12.1 Å². The van der Waals surface area contributed by atoms with E-state index in [0.29, 0.717) is 0 Å². The van der Waals surface area contributed by atoms with Gasteiger partial charge in [-0.05, 0) is 48.2 Å². The molecule has 0 aliphatic heterocycles. The van der Waals surface area contributed by atoms with Crippen LogP contribution in [0.5, 0.6) is 0 Å². The Hall–Kier alpha value is -0.670. The van der Waals surface area contributed by atoms with Crippen molar-refractivity contribution < 1.29 is 4.39 Å². The quantitative estimate of drug-likeness (QED) is 0.618. The molecule has 1 unspecified atom stereocenters. The molecular weight excluding hydrogens is 359 g/mol. The van der Waals surface area contributed by atoms with Crippen LogP contribution >= 0.6 is 31.9 Å². The average Bonchev–Trinajstić information content (AvgIpc) is 2.35. The van der Waals surface area contributed by atoms with Gasteiger partial charge in [0.15, 0.2) is 0 Å². The molecule has 0 heterocycles. The van der Waals surface area contributed by atoms with E-state index in [-0.39, 0.29) is 10.6 Å². The van der Waals surface area contributed by atoms with Crippen molar-refractivity contribution in [3.8, 4) is 0 Å². The van der Waals surface area contributed by atoms with Crippen molar-refractivity contribution >= 4 is 31.9 Å². The van der Waals surface area contributed by atoms with Gasteiger partial charge in [0.05, 0.1) is 0 Å². The van der Waals surface area contributed by atoms with Crippen molar-refractivity contribution in [3.05, 3.63) is 69.4 Å². The van der Waals surface area contributed by atoms with Crippen LogP contribution in [0.2, 0.25) is 0 Å². The summed E-state index contributed by atoms with van der Waals surface area (Å²) in [5.74, 6) is -0.192. The van der Waals surface area contributed by atoms with Crippen LogP contribution in [0.15, 0.2) is 46.9 Å². The Labute approximate surface area is 123 Å². The van der Waals surface area contributed by atoms with E-state index in [1.165, 1.54) is 23.3 Å². The molecule has 0 fully saturated rings. The van der Waals surface area contributed by atoms with Crippen LogP contribution < -0.4 is 0 Å². The van der Waals surface area contributed by atoms with Crippen LogP contribution in [0.1, 0.15) is 21.5 Å². The lowest BCUT2D eigenvalue weighted by Crippen LogP contribution is -1.96. The Morgan fingerprint density at radius 2 is 1.78 bits per heavy atom. The second-order valence-electron chi connectivity index (χ2n) is 4.31. The predicted octanol–water partition coefficient (Wildman–Crippen LogP) is 5.58. The van der Waals surface area contributed by atoms with E-state index in [2.05, 4.69) is 57.0 Å². The fourth-order valence-electron chi connectivity index (χ4n) is 1.75. The summed E-state index contributed by atoms with van der Waals surface area (Å²) >= 11 is 7.22. The normalized spacial score (nSPS) is 12.4. The van der Waals surface area contributed by atoms with Gasteiger partial charge in [-0.25, -0.2) is 4.39 Å². The molecule has 0 spiro atoms. The average molecular weight is 372 g/mol. The molecule has 0 N–H and O–H groups in total.